The van der Waals surface area contributed by atoms with Crippen LogP contribution >= 0.6 is 0 Å². The minimum Gasteiger partial charge on any atom is -0.338 e. The molecule has 0 spiro atoms. The monoisotopic (exact) mass is 157 g/mol. The first-order valence-electron chi connectivity index (χ1n) is 4.08. The molecule has 0 atom stereocenters. The van der Waals surface area contributed by atoms with E-state index in [-0.39, 0.29) is 6.03 Å². The predicted octanol–water partition coefficient (Wildman–Crippen LogP) is 1.26. The average Bonchev–Trinajstić information content (AvgIpc) is 2.03. The Kier molecular flexibility index (Phi) is 5.61. The molecule has 0 unspecified atom stereocenters. The first kappa shape index (κ1) is 10.3. The van der Waals surface area contributed by atoms with E-state index in [0.717, 1.165) is 19.5 Å². The first-order valence-corrected chi connectivity index (χ1v) is 4.08. The molecule has 65 valence electrons. The molecular weight excluding hydrogens is 140 g/mol. The molecule has 0 bridgehead atoms. The van der Waals surface area contributed by atoms with Crippen molar-refractivity contribution in [2.45, 2.75) is 20.3 Å². The fourth-order valence-corrected chi connectivity index (χ4v) is 0.818. The quantitative estimate of drug-likeness (QED) is 0.654. The van der Waals surface area contributed by atoms with E-state index in [1.54, 1.807) is 4.90 Å². The number of carbonyl (C=O) groups is 1. The van der Waals surface area contributed by atoms with Gasteiger partial charge in [0.2, 0.25) is 0 Å². The second-order valence-electron chi connectivity index (χ2n) is 2.26. The van der Waals surface area contributed by atoms with Crippen molar-refractivity contribution in [2.75, 3.05) is 19.6 Å². The maximum absolute atomic E-state index is 11.2. The Bertz CT molecular complexity index is 111. The Morgan fingerprint density at radius 2 is 2.00 bits per heavy atom. The zero-order chi connectivity index (χ0) is 8.69. The number of nitrogens with zero attached hydrogens (tertiary/aromatic N) is 1. The van der Waals surface area contributed by atoms with Gasteiger partial charge in [-0.25, -0.2) is 4.79 Å². The molecule has 3 heteroatoms. The smallest absolute Gasteiger partial charge is 0.317 e. The van der Waals surface area contributed by atoms with Gasteiger partial charge in [-0.1, -0.05) is 6.92 Å². The molecule has 0 aliphatic heterocycles. The molecule has 0 rings (SSSR count). The third-order valence-electron chi connectivity index (χ3n) is 1.50. The molecule has 1 radical (unpaired) electrons. The van der Waals surface area contributed by atoms with Crippen LogP contribution in [0.1, 0.15) is 20.3 Å². The van der Waals surface area contributed by atoms with Gasteiger partial charge in [0, 0.05) is 19.6 Å². The summed E-state index contributed by atoms with van der Waals surface area (Å²) in [5, 5.41) is 2.76. The number of hydrogen-bond donors (Lipinski definition) is 1. The van der Waals surface area contributed by atoms with Gasteiger partial charge in [-0.3, -0.25) is 0 Å². The molecular formula is C8H17N2O. The Morgan fingerprint density at radius 3 is 2.36 bits per heavy atom. The lowest BCUT2D eigenvalue weighted by Crippen LogP contribution is -2.39. The van der Waals surface area contributed by atoms with Gasteiger partial charge in [-0.15, -0.1) is 0 Å². The zero-order valence-corrected chi connectivity index (χ0v) is 7.39. The lowest BCUT2D eigenvalue weighted by molar-refractivity contribution is 0.203. The largest absolute Gasteiger partial charge is 0.338 e. The highest BCUT2D eigenvalue weighted by Gasteiger charge is 2.06. The molecule has 0 heterocycles. The Morgan fingerprint density at radius 1 is 1.45 bits per heavy atom. The summed E-state index contributed by atoms with van der Waals surface area (Å²) < 4.78 is 0. The highest BCUT2D eigenvalue weighted by molar-refractivity contribution is 5.73. The van der Waals surface area contributed by atoms with E-state index >= 15 is 0 Å². The molecule has 0 aromatic heterocycles. The number of hydrogen-bond acceptors (Lipinski definition) is 1. The van der Waals surface area contributed by atoms with Crippen molar-refractivity contribution in [1.29, 1.82) is 0 Å². The molecule has 0 aliphatic carbocycles. The average molecular weight is 157 g/mol. The van der Waals surface area contributed by atoms with E-state index in [0.29, 0.717) is 6.54 Å². The summed E-state index contributed by atoms with van der Waals surface area (Å²) in [4.78, 5) is 12.9. The van der Waals surface area contributed by atoms with Gasteiger partial charge < -0.3 is 10.2 Å². The lowest BCUT2D eigenvalue weighted by Gasteiger charge is -2.18. The number of amides is 2. The topological polar surface area (TPSA) is 32.3 Å². The van der Waals surface area contributed by atoms with Crippen LogP contribution in [0.2, 0.25) is 0 Å². The first-order chi connectivity index (χ1) is 5.26. The van der Waals surface area contributed by atoms with Gasteiger partial charge in [0.1, 0.15) is 0 Å². The molecule has 0 aromatic carbocycles. The normalized spacial score (nSPS) is 9.36. The zero-order valence-electron chi connectivity index (χ0n) is 7.39. The van der Waals surface area contributed by atoms with Gasteiger partial charge in [-0.05, 0) is 20.3 Å². The molecule has 1 N–H and O–H groups in total. The van der Waals surface area contributed by atoms with Crippen LogP contribution in [0.3, 0.4) is 0 Å². The molecule has 0 aliphatic rings. The second kappa shape index (κ2) is 6.01. The van der Waals surface area contributed by atoms with Gasteiger partial charge in [0.15, 0.2) is 0 Å². The summed E-state index contributed by atoms with van der Waals surface area (Å²) in [6.07, 6.45) is 0.743. The van der Waals surface area contributed by atoms with Crippen LogP contribution in [-0.2, 0) is 0 Å². The van der Waals surface area contributed by atoms with Crippen LogP contribution in [0, 0.1) is 6.92 Å². The van der Waals surface area contributed by atoms with Crippen LogP contribution < -0.4 is 5.32 Å². The third kappa shape index (κ3) is 3.86. The predicted molar refractivity (Wildman–Crippen MR) is 46.3 cm³/mol. The molecule has 0 fully saturated rings. The highest BCUT2D eigenvalue weighted by atomic mass is 16.2. The highest BCUT2D eigenvalue weighted by Crippen LogP contribution is 1.87. The Hall–Kier alpha value is -0.730. The number of rotatable bonds is 4. The van der Waals surface area contributed by atoms with E-state index in [2.05, 4.69) is 12.2 Å². The Labute approximate surface area is 68.8 Å². The van der Waals surface area contributed by atoms with Crippen molar-refractivity contribution in [3.05, 3.63) is 6.92 Å². The fraction of sp³-hybridized carbons (Fsp3) is 0.750. The summed E-state index contributed by atoms with van der Waals surface area (Å²) in [5.74, 6) is 0. The Balaban J connectivity index is 3.61. The minimum absolute atomic E-state index is 0.0126. The number of urea groups is 1. The third-order valence-corrected chi connectivity index (χ3v) is 1.50. The van der Waals surface area contributed by atoms with Gasteiger partial charge >= 0.3 is 6.03 Å². The van der Waals surface area contributed by atoms with Gasteiger partial charge in [-0.2, -0.15) is 0 Å². The van der Waals surface area contributed by atoms with E-state index in [4.69, 9.17) is 0 Å². The summed E-state index contributed by atoms with van der Waals surface area (Å²) in [6.45, 7) is 9.76. The fourth-order valence-electron chi connectivity index (χ4n) is 0.818. The molecule has 2 amide bonds. The summed E-state index contributed by atoms with van der Waals surface area (Å²) in [6, 6.07) is 0.0126. The van der Waals surface area contributed by atoms with Crippen molar-refractivity contribution in [3.63, 3.8) is 0 Å². The van der Waals surface area contributed by atoms with Gasteiger partial charge in [0.05, 0.1) is 0 Å². The van der Waals surface area contributed by atoms with E-state index in [9.17, 15) is 4.79 Å². The molecule has 0 saturated heterocycles. The second-order valence-corrected chi connectivity index (χ2v) is 2.26. The van der Waals surface area contributed by atoms with Gasteiger partial charge in [0.25, 0.3) is 0 Å². The van der Waals surface area contributed by atoms with E-state index in [1.165, 1.54) is 0 Å². The van der Waals surface area contributed by atoms with Crippen LogP contribution in [-0.4, -0.2) is 30.6 Å². The standard InChI is InChI=1S/C8H17N2O/c1-4-7-9-8(11)10(5-2)6-3/h1,4-7H2,2-3H3,(H,9,11). The maximum Gasteiger partial charge on any atom is 0.317 e. The van der Waals surface area contributed by atoms with Crippen LogP contribution in [0.15, 0.2) is 0 Å². The molecule has 3 nitrogen and oxygen atoms in total. The lowest BCUT2D eigenvalue weighted by atomic mass is 10.5. The van der Waals surface area contributed by atoms with Crippen molar-refractivity contribution < 1.29 is 4.79 Å². The molecule has 11 heavy (non-hydrogen) atoms. The summed E-state index contributed by atoms with van der Waals surface area (Å²) in [5.41, 5.74) is 0. The van der Waals surface area contributed by atoms with Crippen LogP contribution in [0.4, 0.5) is 4.79 Å². The summed E-state index contributed by atoms with van der Waals surface area (Å²) in [7, 11) is 0. The van der Waals surface area contributed by atoms with Crippen molar-refractivity contribution >= 4 is 6.03 Å². The van der Waals surface area contributed by atoms with Crippen LogP contribution in [0.25, 0.3) is 0 Å². The molecule has 0 aromatic rings. The molecule has 0 saturated carbocycles. The van der Waals surface area contributed by atoms with Crippen molar-refractivity contribution in [3.8, 4) is 0 Å². The minimum atomic E-state index is 0.0126. The summed E-state index contributed by atoms with van der Waals surface area (Å²) >= 11 is 0. The van der Waals surface area contributed by atoms with Crippen molar-refractivity contribution in [2.24, 2.45) is 0 Å². The number of nitrogens with one attached hydrogen (secondary N) is 1. The number of carbonyl (C=O) groups excluding carboxylic acids is 1. The SMILES string of the molecule is [CH2]CCNC(=O)N(CC)CC. The maximum atomic E-state index is 11.2. The van der Waals surface area contributed by atoms with E-state index < -0.39 is 0 Å². The van der Waals surface area contributed by atoms with E-state index in [1.807, 2.05) is 13.8 Å². The van der Waals surface area contributed by atoms with Crippen LogP contribution in [0.5, 0.6) is 0 Å². The van der Waals surface area contributed by atoms with Crippen molar-refractivity contribution in [1.82, 2.24) is 10.2 Å².